The molecule has 0 aliphatic carbocycles. The summed E-state index contributed by atoms with van der Waals surface area (Å²) in [4.78, 5) is 23.6. The molecule has 2 aromatic heterocycles. The first-order valence-electron chi connectivity index (χ1n) is 8.41. The lowest BCUT2D eigenvalue weighted by molar-refractivity contribution is -0.131. The van der Waals surface area contributed by atoms with Crippen LogP contribution in [0.4, 0.5) is 0 Å². The number of benzene rings is 1. The molecule has 7 nitrogen and oxygen atoms in total. The van der Waals surface area contributed by atoms with E-state index in [1.54, 1.807) is 13.3 Å². The Morgan fingerprint density at radius 1 is 1.15 bits per heavy atom. The lowest BCUT2D eigenvalue weighted by Gasteiger charge is -2.19. The average Bonchev–Trinajstić information content (AvgIpc) is 3.01. The normalized spacial score (nSPS) is 10.4. The summed E-state index contributed by atoms with van der Waals surface area (Å²) in [7, 11) is 1.64. The predicted molar refractivity (Wildman–Crippen MR) is 101 cm³/mol. The second-order valence-electron chi connectivity index (χ2n) is 5.66. The van der Waals surface area contributed by atoms with E-state index >= 15 is 0 Å². The van der Waals surface area contributed by atoms with Gasteiger partial charge in [0.25, 0.3) is 0 Å². The maximum absolute atomic E-state index is 12.6. The van der Waals surface area contributed by atoms with Gasteiger partial charge in [-0.3, -0.25) is 9.36 Å². The van der Waals surface area contributed by atoms with E-state index in [9.17, 15) is 4.79 Å². The molecular weight excluding hydrogens is 332 g/mol. The number of nitrogens with zero attached hydrogens (tertiary/aromatic N) is 4. The molecule has 0 saturated carbocycles. The Hall–Kier alpha value is -2.93. The van der Waals surface area contributed by atoms with Crippen molar-refractivity contribution in [3.05, 3.63) is 42.6 Å². The predicted octanol–water partition coefficient (Wildman–Crippen LogP) is 2.15. The summed E-state index contributed by atoms with van der Waals surface area (Å²) in [6, 6.07) is 11.4. The van der Waals surface area contributed by atoms with Gasteiger partial charge in [-0.15, -0.1) is 0 Å². The van der Waals surface area contributed by atoms with Crippen molar-refractivity contribution in [3.8, 4) is 17.1 Å². The zero-order chi connectivity index (χ0) is 17.8. The molecule has 1 aromatic carbocycles. The van der Waals surface area contributed by atoms with Gasteiger partial charge >= 0.3 is 0 Å². The molecule has 0 bridgehead atoms. The van der Waals surface area contributed by atoms with Gasteiger partial charge < -0.3 is 15.1 Å². The van der Waals surface area contributed by atoms with Crippen LogP contribution in [0.2, 0.25) is 0 Å². The van der Waals surface area contributed by atoms with Crippen LogP contribution in [0.3, 0.4) is 0 Å². The Morgan fingerprint density at radius 3 is 2.46 bits per heavy atom. The number of likely N-dealkylation sites (N-methyl/N-ethyl adjacent to an activating group) is 1. The molecule has 0 fully saturated rings. The van der Waals surface area contributed by atoms with Crippen LogP contribution in [0.25, 0.3) is 22.6 Å². The molecule has 0 saturated heterocycles. The first-order chi connectivity index (χ1) is 12.2. The van der Waals surface area contributed by atoms with Gasteiger partial charge in [0.1, 0.15) is 23.6 Å². The fourth-order valence-electron chi connectivity index (χ4n) is 2.88. The van der Waals surface area contributed by atoms with Gasteiger partial charge in [-0.05, 0) is 50.2 Å². The van der Waals surface area contributed by atoms with Crippen molar-refractivity contribution in [2.75, 3.05) is 20.2 Å². The number of ether oxygens (including phenoxy) is 1. The number of fused-ring (bicyclic) bond motifs is 1. The Bertz CT molecular complexity index is 870. The van der Waals surface area contributed by atoms with Crippen LogP contribution in [0.1, 0.15) is 13.8 Å². The smallest absolute Gasteiger partial charge is 0.242 e. The van der Waals surface area contributed by atoms with E-state index in [4.69, 9.17) is 9.72 Å². The van der Waals surface area contributed by atoms with E-state index in [0.29, 0.717) is 18.7 Å². The van der Waals surface area contributed by atoms with E-state index in [1.807, 2.05) is 59.7 Å². The molecule has 7 heteroatoms. The van der Waals surface area contributed by atoms with Crippen LogP contribution in [0, 0.1) is 0 Å². The molecular formula is C19H24N4O3. The van der Waals surface area contributed by atoms with Crippen molar-refractivity contribution in [1.82, 2.24) is 19.4 Å². The molecule has 0 unspecified atom stereocenters. The van der Waals surface area contributed by atoms with Crippen molar-refractivity contribution in [2.45, 2.75) is 20.4 Å². The standard InChI is InChI=1S/C19H22N4O2.H2O/c1-4-22(5-2)17(24)13-23-18(14-8-10-15(25-3)11-9-14)21-16-7-6-12-20-19(16)23;/h6-12H,4-5,13H2,1-3H3;1H2. The van der Waals surface area contributed by atoms with E-state index < -0.39 is 0 Å². The fraction of sp³-hybridized carbons (Fsp3) is 0.316. The van der Waals surface area contributed by atoms with Gasteiger partial charge in [0, 0.05) is 24.8 Å². The maximum atomic E-state index is 12.6. The topological polar surface area (TPSA) is 91.8 Å². The molecule has 0 radical (unpaired) electrons. The van der Waals surface area contributed by atoms with E-state index in [0.717, 1.165) is 22.7 Å². The monoisotopic (exact) mass is 356 g/mol. The highest BCUT2D eigenvalue weighted by Gasteiger charge is 2.18. The summed E-state index contributed by atoms with van der Waals surface area (Å²) in [6.07, 6.45) is 1.72. The third kappa shape index (κ3) is 3.67. The molecule has 1 amide bonds. The minimum absolute atomic E-state index is 0. The molecule has 0 spiro atoms. The summed E-state index contributed by atoms with van der Waals surface area (Å²) >= 11 is 0. The Labute approximate surface area is 152 Å². The number of pyridine rings is 1. The molecule has 0 atom stereocenters. The number of hydrogen-bond donors (Lipinski definition) is 0. The number of carbonyl (C=O) groups excluding carboxylic acids is 1. The number of carbonyl (C=O) groups is 1. The first kappa shape index (κ1) is 19.4. The number of rotatable bonds is 6. The van der Waals surface area contributed by atoms with Crippen molar-refractivity contribution in [1.29, 1.82) is 0 Å². The van der Waals surface area contributed by atoms with Crippen molar-refractivity contribution < 1.29 is 15.0 Å². The van der Waals surface area contributed by atoms with Crippen LogP contribution in [-0.2, 0) is 11.3 Å². The molecule has 2 heterocycles. The van der Waals surface area contributed by atoms with Crippen molar-refractivity contribution in [2.24, 2.45) is 0 Å². The summed E-state index contributed by atoms with van der Waals surface area (Å²) in [5.41, 5.74) is 2.42. The first-order valence-corrected chi connectivity index (χ1v) is 8.41. The van der Waals surface area contributed by atoms with Gasteiger partial charge in [-0.2, -0.15) is 0 Å². The SMILES string of the molecule is CCN(CC)C(=O)Cn1c(-c2ccc(OC)cc2)nc2cccnc21.O. The third-order valence-corrected chi connectivity index (χ3v) is 4.26. The molecule has 0 aliphatic rings. The second-order valence-corrected chi connectivity index (χ2v) is 5.66. The lowest BCUT2D eigenvalue weighted by atomic mass is 10.2. The molecule has 3 aromatic rings. The third-order valence-electron chi connectivity index (χ3n) is 4.26. The largest absolute Gasteiger partial charge is 0.497 e. The van der Waals surface area contributed by atoms with Gasteiger partial charge in [0.15, 0.2) is 5.65 Å². The van der Waals surface area contributed by atoms with Crippen LogP contribution < -0.4 is 4.74 Å². The van der Waals surface area contributed by atoms with Crippen molar-refractivity contribution >= 4 is 17.1 Å². The minimum atomic E-state index is 0. The summed E-state index contributed by atoms with van der Waals surface area (Å²) < 4.78 is 7.11. The Kier molecular flexibility index (Phi) is 6.30. The quantitative estimate of drug-likeness (QED) is 0.676. The van der Waals surface area contributed by atoms with Crippen LogP contribution in [-0.4, -0.2) is 51.0 Å². The zero-order valence-electron chi connectivity index (χ0n) is 15.3. The molecule has 3 rings (SSSR count). The van der Waals surface area contributed by atoms with Crippen LogP contribution >= 0.6 is 0 Å². The number of amides is 1. The van der Waals surface area contributed by atoms with E-state index in [-0.39, 0.29) is 17.9 Å². The Balaban J connectivity index is 0.00000243. The van der Waals surface area contributed by atoms with Gasteiger partial charge in [0.2, 0.25) is 5.91 Å². The highest BCUT2D eigenvalue weighted by atomic mass is 16.5. The highest BCUT2D eigenvalue weighted by molar-refractivity contribution is 5.82. The number of methoxy groups -OCH3 is 1. The van der Waals surface area contributed by atoms with E-state index in [1.165, 1.54) is 0 Å². The van der Waals surface area contributed by atoms with Crippen LogP contribution in [0.5, 0.6) is 5.75 Å². The molecule has 0 aliphatic heterocycles. The second kappa shape index (κ2) is 8.44. The lowest BCUT2D eigenvalue weighted by Crippen LogP contribution is -2.33. The van der Waals surface area contributed by atoms with Crippen molar-refractivity contribution in [3.63, 3.8) is 0 Å². The number of imidazole rings is 1. The average molecular weight is 356 g/mol. The maximum Gasteiger partial charge on any atom is 0.242 e. The van der Waals surface area contributed by atoms with Gasteiger partial charge in [0.05, 0.1) is 7.11 Å². The fourth-order valence-corrected chi connectivity index (χ4v) is 2.88. The molecule has 26 heavy (non-hydrogen) atoms. The highest BCUT2D eigenvalue weighted by Crippen LogP contribution is 2.25. The van der Waals surface area contributed by atoms with E-state index in [2.05, 4.69) is 4.98 Å². The summed E-state index contributed by atoms with van der Waals surface area (Å²) in [6.45, 7) is 5.56. The summed E-state index contributed by atoms with van der Waals surface area (Å²) in [5.74, 6) is 1.57. The van der Waals surface area contributed by atoms with Gasteiger partial charge in [-0.1, -0.05) is 0 Å². The Morgan fingerprint density at radius 2 is 1.85 bits per heavy atom. The zero-order valence-corrected chi connectivity index (χ0v) is 15.3. The van der Waals surface area contributed by atoms with Crippen LogP contribution in [0.15, 0.2) is 42.6 Å². The number of hydrogen-bond acceptors (Lipinski definition) is 4. The molecule has 138 valence electrons. The summed E-state index contributed by atoms with van der Waals surface area (Å²) in [5, 5.41) is 0. The van der Waals surface area contributed by atoms with Gasteiger partial charge in [-0.25, -0.2) is 9.97 Å². The number of aromatic nitrogens is 3. The minimum Gasteiger partial charge on any atom is -0.497 e. The molecule has 2 N–H and O–H groups in total.